The Kier molecular flexibility index (Phi) is 9.51. The van der Waals surface area contributed by atoms with Gasteiger partial charge in [-0.3, -0.25) is 0 Å². The summed E-state index contributed by atoms with van der Waals surface area (Å²) in [5, 5.41) is 20.2. The van der Waals surface area contributed by atoms with Gasteiger partial charge in [0.05, 0.1) is 12.7 Å². The van der Waals surface area contributed by atoms with E-state index in [4.69, 9.17) is 11.5 Å². The van der Waals surface area contributed by atoms with Crippen LogP contribution in [0.15, 0.2) is 25.0 Å². The number of carbonyl (C=O) groups excluding carboxylic acids is 2. The van der Waals surface area contributed by atoms with Gasteiger partial charge in [-0.1, -0.05) is 12.1 Å². The van der Waals surface area contributed by atoms with Crippen LogP contribution in [0.1, 0.15) is 11.4 Å². The molecule has 23 heavy (non-hydrogen) atoms. The van der Waals surface area contributed by atoms with Crippen molar-refractivity contribution in [3.05, 3.63) is 47.9 Å². The van der Waals surface area contributed by atoms with Crippen molar-refractivity contribution in [2.24, 2.45) is 0 Å². The molecule has 0 saturated heterocycles. The summed E-state index contributed by atoms with van der Waals surface area (Å²) in [6.45, 7) is 0. The number of aliphatic carboxylic acids is 2. The normalized spacial score (nSPS) is 12.3. The van der Waals surface area contributed by atoms with Gasteiger partial charge in [-0.25, -0.2) is 9.97 Å². The SMILES string of the molecule is [Fe+4].[NH-][C@@H](Cc1cnc[nH]1)C(=O)[O-].[NH-][C@@H](Cc1cnc[nH]1)C(=O)[O-]. The monoisotopic (exact) mass is 362 g/mol. The van der Waals surface area contributed by atoms with E-state index in [1.54, 1.807) is 0 Å². The first kappa shape index (κ1) is 20.8. The molecule has 11 heteroatoms. The molecule has 0 aromatic carbocycles. The van der Waals surface area contributed by atoms with Gasteiger partial charge in [0.25, 0.3) is 0 Å². The standard InChI is InChI=1S/2C6H8N3O2.Fe/c2*7-5(6(10)11)1-4-2-8-3-9-4;/h2*2-3,5,7H,1H2,(H,8,9)(H,10,11);/q2*-1;+4/p-2/t2*5-;/m00./s1. The molecule has 2 rings (SSSR count). The van der Waals surface area contributed by atoms with Crippen LogP contribution in [-0.4, -0.2) is 44.0 Å². The van der Waals surface area contributed by atoms with Gasteiger partial charge < -0.3 is 41.2 Å². The third kappa shape index (κ3) is 8.12. The van der Waals surface area contributed by atoms with Crippen molar-refractivity contribution in [1.29, 1.82) is 0 Å². The summed E-state index contributed by atoms with van der Waals surface area (Å²) in [4.78, 5) is 33.0. The first-order valence-corrected chi connectivity index (χ1v) is 6.18. The summed E-state index contributed by atoms with van der Waals surface area (Å²) in [6.07, 6.45) is 6.09. The molecule has 0 bridgehead atoms. The number of carboxylic acids is 2. The summed E-state index contributed by atoms with van der Waals surface area (Å²) >= 11 is 0. The zero-order valence-corrected chi connectivity index (χ0v) is 12.9. The zero-order valence-electron chi connectivity index (χ0n) is 11.8. The summed E-state index contributed by atoms with van der Waals surface area (Å²) in [5.41, 5.74) is 15.3. The summed E-state index contributed by atoms with van der Waals surface area (Å²) in [6, 6.07) is -2.43. The van der Waals surface area contributed by atoms with Gasteiger partial charge in [-0.15, -0.1) is 0 Å². The number of H-pyrrole nitrogens is 2. The Hall–Kier alpha value is -2.20. The molecule has 0 radical (unpaired) electrons. The molecule has 0 aliphatic carbocycles. The van der Waals surface area contributed by atoms with Gasteiger partial charge in [0.1, 0.15) is 0 Å². The molecule has 0 saturated carbocycles. The van der Waals surface area contributed by atoms with E-state index in [1.165, 1.54) is 25.0 Å². The fraction of sp³-hybridized carbons (Fsp3) is 0.333. The predicted octanol–water partition coefficient (Wildman–Crippen LogP) is -1.76. The largest absolute Gasteiger partial charge is 4.00 e. The number of hydrogen-bond donors (Lipinski definition) is 2. The van der Waals surface area contributed by atoms with Crippen molar-refractivity contribution in [3.8, 4) is 0 Å². The van der Waals surface area contributed by atoms with E-state index in [0.717, 1.165) is 0 Å². The average molecular weight is 362 g/mol. The topological polar surface area (TPSA) is 185 Å². The third-order valence-electron chi connectivity index (χ3n) is 2.53. The van der Waals surface area contributed by atoms with Crippen molar-refractivity contribution in [2.75, 3.05) is 0 Å². The van der Waals surface area contributed by atoms with Gasteiger partial charge in [-0.2, -0.15) is 0 Å². The molecule has 2 atom stereocenters. The van der Waals surface area contributed by atoms with Crippen LogP contribution in [0, 0.1) is 0 Å². The predicted molar refractivity (Wildman–Crippen MR) is 70.8 cm³/mol. The Morgan fingerprint density at radius 1 is 0.957 bits per heavy atom. The quantitative estimate of drug-likeness (QED) is 0.573. The second-order valence-corrected chi connectivity index (χ2v) is 4.31. The molecule has 2 aromatic heterocycles. The second-order valence-electron chi connectivity index (χ2n) is 4.31. The molecule has 0 amide bonds. The average Bonchev–Trinajstić information content (AvgIpc) is 3.12. The van der Waals surface area contributed by atoms with E-state index in [9.17, 15) is 19.8 Å². The number of rotatable bonds is 6. The van der Waals surface area contributed by atoms with Crippen molar-refractivity contribution in [2.45, 2.75) is 24.9 Å². The maximum Gasteiger partial charge on any atom is 4.00 e. The minimum Gasteiger partial charge on any atom is -0.670 e. The van der Waals surface area contributed by atoms with E-state index in [-0.39, 0.29) is 29.9 Å². The van der Waals surface area contributed by atoms with Crippen LogP contribution in [0.3, 0.4) is 0 Å². The van der Waals surface area contributed by atoms with Gasteiger partial charge in [0, 0.05) is 35.7 Å². The summed E-state index contributed by atoms with van der Waals surface area (Å²) in [5.74, 6) is -2.72. The first-order valence-electron chi connectivity index (χ1n) is 6.18. The van der Waals surface area contributed by atoms with E-state index < -0.39 is 24.0 Å². The molecule has 0 aliphatic rings. The number of nitrogens with zero attached hydrogens (tertiary/aromatic N) is 2. The fourth-order valence-corrected chi connectivity index (χ4v) is 1.40. The first-order chi connectivity index (χ1) is 10.4. The molecular formula is C12H14FeN6O4. The van der Waals surface area contributed by atoms with Gasteiger partial charge in [0.2, 0.25) is 0 Å². The Morgan fingerprint density at radius 2 is 1.30 bits per heavy atom. The van der Waals surface area contributed by atoms with Crippen LogP contribution < -0.4 is 10.2 Å². The molecule has 2 aromatic rings. The van der Waals surface area contributed by atoms with Crippen LogP contribution in [0.2, 0.25) is 0 Å². The van der Waals surface area contributed by atoms with E-state index in [0.29, 0.717) is 11.4 Å². The molecule has 2 heterocycles. The van der Waals surface area contributed by atoms with E-state index in [1.807, 2.05) is 0 Å². The summed E-state index contributed by atoms with van der Waals surface area (Å²) < 4.78 is 0. The molecular weight excluding hydrogens is 348 g/mol. The van der Waals surface area contributed by atoms with E-state index >= 15 is 0 Å². The number of aromatic nitrogens is 4. The molecule has 124 valence electrons. The maximum absolute atomic E-state index is 10.1. The molecule has 0 spiro atoms. The van der Waals surface area contributed by atoms with Crippen molar-refractivity contribution in [1.82, 2.24) is 19.9 Å². The Morgan fingerprint density at radius 3 is 1.52 bits per heavy atom. The second kappa shape index (κ2) is 10.5. The Bertz CT molecular complexity index is 522. The van der Waals surface area contributed by atoms with Crippen LogP contribution in [0.25, 0.3) is 11.5 Å². The number of imidazole rings is 2. The third-order valence-corrected chi connectivity index (χ3v) is 2.53. The van der Waals surface area contributed by atoms with Crippen molar-refractivity contribution < 1.29 is 36.9 Å². The fourth-order valence-electron chi connectivity index (χ4n) is 1.40. The Labute approximate surface area is 142 Å². The van der Waals surface area contributed by atoms with Gasteiger partial charge >= 0.3 is 17.1 Å². The van der Waals surface area contributed by atoms with Crippen molar-refractivity contribution in [3.63, 3.8) is 0 Å². The summed E-state index contributed by atoms with van der Waals surface area (Å²) in [7, 11) is 0. The smallest absolute Gasteiger partial charge is 0.670 e. The van der Waals surface area contributed by atoms with Crippen LogP contribution in [-0.2, 0) is 39.5 Å². The van der Waals surface area contributed by atoms with E-state index in [2.05, 4.69) is 19.9 Å². The Balaban J connectivity index is 0.000000403. The van der Waals surface area contributed by atoms with Crippen LogP contribution in [0.4, 0.5) is 0 Å². The number of nitrogens with one attached hydrogen (secondary N) is 4. The minimum atomic E-state index is -1.36. The molecule has 0 fully saturated rings. The maximum atomic E-state index is 10.1. The van der Waals surface area contributed by atoms with Gasteiger partial charge in [-0.05, 0) is 12.8 Å². The number of carboxylic acid groups (broad SMARTS) is 2. The molecule has 0 unspecified atom stereocenters. The molecule has 0 aliphatic heterocycles. The number of carbonyl (C=O) groups is 2. The minimum absolute atomic E-state index is 0. The van der Waals surface area contributed by atoms with Crippen molar-refractivity contribution >= 4 is 11.9 Å². The zero-order chi connectivity index (χ0) is 16.5. The van der Waals surface area contributed by atoms with Crippen LogP contribution >= 0.6 is 0 Å². The van der Waals surface area contributed by atoms with Crippen LogP contribution in [0.5, 0.6) is 0 Å². The molecule has 4 N–H and O–H groups in total. The number of aromatic amines is 2. The molecule has 10 nitrogen and oxygen atoms in total. The van der Waals surface area contributed by atoms with Gasteiger partial charge in [0.15, 0.2) is 0 Å². The number of hydrogen-bond acceptors (Lipinski definition) is 6.